The van der Waals surface area contributed by atoms with Gasteiger partial charge in [-0.05, 0) is 37.3 Å². The average Bonchev–Trinajstić information content (AvgIpc) is 2.67. The zero-order valence-corrected chi connectivity index (χ0v) is 9.48. The van der Waals surface area contributed by atoms with E-state index in [0.29, 0.717) is 10.6 Å². The smallest absolute Gasteiger partial charge is 0.205 e. The molecule has 2 nitrogen and oxygen atoms in total. The number of hydrogen-bond acceptors (Lipinski definition) is 3. The maximum atomic E-state index is 13.4. The highest BCUT2D eigenvalue weighted by atomic mass is 32.1. The maximum Gasteiger partial charge on any atom is 0.205 e. The van der Waals surface area contributed by atoms with Crippen molar-refractivity contribution in [1.82, 2.24) is 0 Å². The summed E-state index contributed by atoms with van der Waals surface area (Å²) in [6.45, 7) is 1.90. The van der Waals surface area contributed by atoms with Crippen LogP contribution in [0.15, 0.2) is 30.3 Å². The number of aryl methyl sites for hydroxylation is 1. The predicted octanol–water partition coefficient (Wildman–Crippen LogP) is 3.01. The van der Waals surface area contributed by atoms with E-state index in [9.17, 15) is 9.18 Å². The molecule has 2 rings (SSSR count). The van der Waals surface area contributed by atoms with Crippen molar-refractivity contribution in [2.45, 2.75) is 6.92 Å². The molecule has 0 spiro atoms. The van der Waals surface area contributed by atoms with E-state index in [1.54, 1.807) is 6.07 Å². The van der Waals surface area contributed by atoms with Crippen molar-refractivity contribution in [2.75, 3.05) is 5.73 Å². The molecule has 0 amide bonds. The van der Waals surface area contributed by atoms with Gasteiger partial charge in [-0.3, -0.25) is 4.79 Å². The number of nitrogen functional groups attached to an aromatic ring is 1. The normalized spacial score (nSPS) is 10.4. The summed E-state index contributed by atoms with van der Waals surface area (Å²) in [5.41, 5.74) is 5.95. The third-order valence-electron chi connectivity index (χ3n) is 2.20. The average molecular weight is 235 g/mol. The first-order chi connectivity index (χ1) is 7.58. The van der Waals surface area contributed by atoms with Crippen LogP contribution in [0.4, 0.5) is 10.1 Å². The van der Waals surface area contributed by atoms with E-state index in [0.717, 1.165) is 4.88 Å². The summed E-state index contributed by atoms with van der Waals surface area (Å²) in [5, 5.41) is 0. The fourth-order valence-corrected chi connectivity index (χ4v) is 2.23. The van der Waals surface area contributed by atoms with Crippen LogP contribution in [0.3, 0.4) is 0 Å². The Kier molecular flexibility index (Phi) is 2.75. The summed E-state index contributed by atoms with van der Waals surface area (Å²) in [7, 11) is 0. The minimum Gasteiger partial charge on any atom is -0.399 e. The highest BCUT2D eigenvalue weighted by Crippen LogP contribution is 2.21. The number of thiophene rings is 1. The molecule has 0 radical (unpaired) electrons. The van der Waals surface area contributed by atoms with Crippen LogP contribution in [-0.2, 0) is 0 Å². The molecule has 0 unspecified atom stereocenters. The lowest BCUT2D eigenvalue weighted by atomic mass is 10.1. The molecule has 0 saturated heterocycles. The summed E-state index contributed by atoms with van der Waals surface area (Å²) in [6.07, 6.45) is 0. The van der Waals surface area contributed by atoms with Crippen molar-refractivity contribution in [3.8, 4) is 0 Å². The van der Waals surface area contributed by atoms with Gasteiger partial charge in [0.1, 0.15) is 5.82 Å². The highest BCUT2D eigenvalue weighted by molar-refractivity contribution is 7.14. The predicted molar refractivity (Wildman–Crippen MR) is 63.3 cm³/mol. The maximum absolute atomic E-state index is 13.4. The van der Waals surface area contributed by atoms with Gasteiger partial charge in [0, 0.05) is 10.6 Å². The molecule has 0 aliphatic carbocycles. The molecule has 0 fully saturated rings. The fourth-order valence-electron chi connectivity index (χ4n) is 1.41. The van der Waals surface area contributed by atoms with Gasteiger partial charge in [0.25, 0.3) is 0 Å². The molecule has 0 saturated carbocycles. The fraction of sp³-hybridized carbons (Fsp3) is 0.0833. The number of rotatable bonds is 2. The van der Waals surface area contributed by atoms with Crippen molar-refractivity contribution in [2.24, 2.45) is 0 Å². The molecule has 0 bridgehead atoms. The van der Waals surface area contributed by atoms with Crippen molar-refractivity contribution in [3.63, 3.8) is 0 Å². The Labute approximate surface area is 96.5 Å². The van der Waals surface area contributed by atoms with Gasteiger partial charge >= 0.3 is 0 Å². The van der Waals surface area contributed by atoms with E-state index in [-0.39, 0.29) is 11.3 Å². The van der Waals surface area contributed by atoms with E-state index < -0.39 is 5.82 Å². The Bertz CT molecular complexity index is 548. The minimum atomic E-state index is -0.537. The van der Waals surface area contributed by atoms with E-state index in [4.69, 9.17) is 5.73 Å². The van der Waals surface area contributed by atoms with Gasteiger partial charge in [0.15, 0.2) is 0 Å². The van der Waals surface area contributed by atoms with Crippen LogP contribution in [0.1, 0.15) is 20.1 Å². The molecule has 0 atom stereocenters. The van der Waals surface area contributed by atoms with E-state index in [1.165, 1.54) is 29.5 Å². The van der Waals surface area contributed by atoms with Gasteiger partial charge in [0.05, 0.1) is 10.4 Å². The molecular formula is C12H10FNOS. The number of nitrogens with two attached hydrogens (primary N) is 1. The number of hydrogen-bond donors (Lipinski definition) is 1. The highest BCUT2D eigenvalue weighted by Gasteiger charge is 2.15. The third kappa shape index (κ3) is 1.97. The number of halogens is 1. The number of carbonyl (C=O) groups excluding carboxylic acids is 1. The summed E-state index contributed by atoms with van der Waals surface area (Å²) < 4.78 is 13.4. The van der Waals surface area contributed by atoms with Crippen LogP contribution >= 0.6 is 11.3 Å². The Balaban J connectivity index is 2.45. The van der Waals surface area contributed by atoms with Crippen LogP contribution in [0, 0.1) is 12.7 Å². The molecule has 16 heavy (non-hydrogen) atoms. The van der Waals surface area contributed by atoms with Crippen molar-refractivity contribution < 1.29 is 9.18 Å². The SMILES string of the molecule is Cc1ccc(C(=O)c2cc(N)ccc2F)s1. The van der Waals surface area contributed by atoms with Crippen LogP contribution < -0.4 is 5.73 Å². The van der Waals surface area contributed by atoms with Gasteiger partial charge in [-0.1, -0.05) is 0 Å². The zero-order chi connectivity index (χ0) is 11.7. The molecule has 4 heteroatoms. The second kappa shape index (κ2) is 4.06. The first-order valence-corrected chi connectivity index (χ1v) is 5.56. The largest absolute Gasteiger partial charge is 0.399 e. The first-order valence-electron chi connectivity index (χ1n) is 4.74. The van der Waals surface area contributed by atoms with Crippen LogP contribution in [0.25, 0.3) is 0 Å². The molecule has 0 aliphatic heterocycles. The summed E-state index contributed by atoms with van der Waals surface area (Å²) >= 11 is 1.35. The van der Waals surface area contributed by atoms with E-state index in [1.807, 2.05) is 13.0 Å². The second-order valence-corrected chi connectivity index (χ2v) is 4.77. The summed E-state index contributed by atoms with van der Waals surface area (Å²) in [5.74, 6) is -0.854. The summed E-state index contributed by atoms with van der Waals surface area (Å²) in [4.78, 5) is 13.5. The Morgan fingerprint density at radius 1 is 1.31 bits per heavy atom. The molecule has 1 heterocycles. The molecule has 1 aromatic heterocycles. The van der Waals surface area contributed by atoms with E-state index >= 15 is 0 Å². The number of anilines is 1. The summed E-state index contributed by atoms with van der Waals surface area (Å²) in [6, 6.07) is 7.55. The lowest BCUT2D eigenvalue weighted by Gasteiger charge is -2.01. The Morgan fingerprint density at radius 3 is 2.69 bits per heavy atom. The van der Waals surface area contributed by atoms with Gasteiger partial charge in [-0.2, -0.15) is 0 Å². The standard InChI is InChI=1S/C12H10FNOS/c1-7-2-5-11(16-7)12(15)9-6-8(14)3-4-10(9)13/h2-6H,14H2,1H3. The molecule has 82 valence electrons. The Morgan fingerprint density at radius 2 is 2.06 bits per heavy atom. The monoisotopic (exact) mass is 235 g/mol. The lowest BCUT2D eigenvalue weighted by molar-refractivity contribution is 0.103. The van der Waals surface area contributed by atoms with Crippen molar-refractivity contribution in [3.05, 3.63) is 51.5 Å². The molecule has 0 aliphatic rings. The third-order valence-corrected chi connectivity index (χ3v) is 3.20. The number of carbonyl (C=O) groups is 1. The quantitative estimate of drug-likeness (QED) is 0.642. The van der Waals surface area contributed by atoms with Crippen LogP contribution in [0.5, 0.6) is 0 Å². The van der Waals surface area contributed by atoms with Gasteiger partial charge in [-0.15, -0.1) is 11.3 Å². The topological polar surface area (TPSA) is 43.1 Å². The van der Waals surface area contributed by atoms with Crippen LogP contribution in [0.2, 0.25) is 0 Å². The van der Waals surface area contributed by atoms with Crippen molar-refractivity contribution >= 4 is 22.8 Å². The Hall–Kier alpha value is -1.68. The van der Waals surface area contributed by atoms with Gasteiger partial charge in [0.2, 0.25) is 5.78 Å². The molecule has 2 N–H and O–H groups in total. The van der Waals surface area contributed by atoms with Crippen molar-refractivity contribution in [1.29, 1.82) is 0 Å². The van der Waals surface area contributed by atoms with Gasteiger partial charge in [-0.25, -0.2) is 4.39 Å². The molecular weight excluding hydrogens is 225 g/mol. The molecule has 1 aromatic carbocycles. The second-order valence-electron chi connectivity index (χ2n) is 3.48. The molecule has 2 aromatic rings. The lowest BCUT2D eigenvalue weighted by Crippen LogP contribution is -2.03. The van der Waals surface area contributed by atoms with Crippen LogP contribution in [-0.4, -0.2) is 5.78 Å². The number of ketones is 1. The first kappa shape index (κ1) is 10.8. The van der Waals surface area contributed by atoms with E-state index in [2.05, 4.69) is 0 Å². The zero-order valence-electron chi connectivity index (χ0n) is 8.66. The number of benzene rings is 1. The van der Waals surface area contributed by atoms with Gasteiger partial charge < -0.3 is 5.73 Å². The minimum absolute atomic E-state index is 0.0295.